The number of nitrogens with zero attached hydrogens (tertiary/aromatic N) is 3. The second-order valence-electron chi connectivity index (χ2n) is 8.36. The molecule has 2 saturated heterocycles. The van der Waals surface area contributed by atoms with E-state index in [1.54, 1.807) is 0 Å². The van der Waals surface area contributed by atoms with Crippen LogP contribution in [0.3, 0.4) is 0 Å². The minimum atomic E-state index is -3.71. The Hall–Kier alpha value is -1.10. The molecule has 0 N–H and O–H groups in total. The summed E-state index contributed by atoms with van der Waals surface area (Å²) in [5.41, 5.74) is 1.04. The molecule has 1 aromatic rings. The summed E-state index contributed by atoms with van der Waals surface area (Å²) in [5, 5.41) is -0.854. The average molecular weight is 430 g/mol. The second-order valence-corrected chi connectivity index (χ2v) is 12.8. The molecule has 3 aliphatic heterocycles. The highest BCUT2D eigenvalue weighted by Gasteiger charge is 2.49. The third kappa shape index (κ3) is 3.48. The highest BCUT2D eigenvalue weighted by molar-refractivity contribution is 7.95. The second kappa shape index (κ2) is 7.00. The maximum absolute atomic E-state index is 13.2. The first-order chi connectivity index (χ1) is 13.1. The van der Waals surface area contributed by atoms with Gasteiger partial charge < -0.3 is 4.74 Å². The van der Waals surface area contributed by atoms with Crippen molar-refractivity contribution in [3.05, 3.63) is 23.3 Å². The van der Waals surface area contributed by atoms with Crippen molar-refractivity contribution < 1.29 is 21.6 Å². The van der Waals surface area contributed by atoms with Gasteiger partial charge in [-0.2, -0.15) is 4.31 Å². The Morgan fingerprint density at radius 1 is 1.36 bits per heavy atom. The molecule has 2 fully saturated rings. The van der Waals surface area contributed by atoms with E-state index in [1.807, 2.05) is 20.0 Å². The fourth-order valence-corrected chi connectivity index (χ4v) is 9.03. The van der Waals surface area contributed by atoms with Crippen LogP contribution in [0.1, 0.15) is 56.1 Å². The molecule has 4 rings (SSSR count). The fraction of sp³-hybridized carbons (Fsp3) is 0.778. The lowest BCUT2D eigenvalue weighted by Gasteiger charge is -2.45. The molecule has 10 heteroatoms. The molecule has 8 nitrogen and oxygen atoms in total. The van der Waals surface area contributed by atoms with Crippen LogP contribution in [0.15, 0.2) is 6.20 Å². The summed E-state index contributed by atoms with van der Waals surface area (Å²) in [6.07, 6.45) is 4.08. The van der Waals surface area contributed by atoms with Gasteiger partial charge >= 0.3 is 0 Å². The molecular formula is C18H27N3O5S2. The molecule has 0 bridgehead atoms. The quantitative estimate of drug-likeness (QED) is 0.705. The topological polar surface area (TPSA) is 107 Å². The van der Waals surface area contributed by atoms with Crippen molar-refractivity contribution in [1.29, 1.82) is 0 Å². The third-order valence-electron chi connectivity index (χ3n) is 5.97. The number of fused-ring (bicyclic) bond motifs is 2. The first-order valence-corrected chi connectivity index (χ1v) is 13.2. The van der Waals surface area contributed by atoms with Gasteiger partial charge in [0.05, 0.1) is 29.1 Å². The highest BCUT2D eigenvalue weighted by Crippen LogP contribution is 2.41. The van der Waals surface area contributed by atoms with Crippen molar-refractivity contribution in [2.75, 3.05) is 31.2 Å². The van der Waals surface area contributed by atoms with E-state index in [0.717, 1.165) is 17.1 Å². The van der Waals surface area contributed by atoms with E-state index in [9.17, 15) is 16.8 Å². The van der Waals surface area contributed by atoms with Crippen LogP contribution in [0, 0.1) is 0 Å². The fourth-order valence-electron chi connectivity index (χ4n) is 4.42. The Morgan fingerprint density at radius 3 is 2.82 bits per heavy atom. The van der Waals surface area contributed by atoms with Gasteiger partial charge in [0.1, 0.15) is 11.4 Å². The summed E-state index contributed by atoms with van der Waals surface area (Å²) in [6.45, 7) is 5.13. The predicted molar refractivity (Wildman–Crippen MR) is 104 cm³/mol. The summed E-state index contributed by atoms with van der Waals surface area (Å²) in [7, 11) is -6.98. The minimum absolute atomic E-state index is 0.0554. The number of ether oxygens (including phenoxy) is 1. The molecule has 0 unspecified atom stereocenters. The molecule has 28 heavy (non-hydrogen) atoms. The Morgan fingerprint density at radius 2 is 2.14 bits per heavy atom. The molecule has 0 radical (unpaired) electrons. The van der Waals surface area contributed by atoms with Crippen molar-refractivity contribution in [2.24, 2.45) is 0 Å². The Labute approximate surface area is 166 Å². The molecule has 1 spiro atoms. The number of hydrogen-bond acceptors (Lipinski definition) is 7. The van der Waals surface area contributed by atoms with Crippen LogP contribution in [-0.4, -0.2) is 67.6 Å². The van der Waals surface area contributed by atoms with E-state index in [1.165, 1.54) is 4.31 Å². The van der Waals surface area contributed by atoms with E-state index in [2.05, 4.69) is 4.98 Å². The third-order valence-corrected chi connectivity index (χ3v) is 10.2. The molecule has 3 aliphatic rings. The number of sulfonamides is 1. The molecule has 0 saturated carbocycles. The van der Waals surface area contributed by atoms with E-state index in [4.69, 9.17) is 9.72 Å². The molecule has 4 heterocycles. The van der Waals surface area contributed by atoms with Crippen LogP contribution in [0.5, 0.6) is 0 Å². The lowest BCUT2D eigenvalue weighted by atomic mass is 9.85. The van der Waals surface area contributed by atoms with Gasteiger partial charge in [0.15, 0.2) is 9.84 Å². The van der Waals surface area contributed by atoms with Crippen molar-refractivity contribution >= 4 is 19.9 Å². The number of sulfone groups is 1. The number of piperidine rings is 1. The monoisotopic (exact) mass is 429 g/mol. The maximum Gasteiger partial charge on any atom is 0.218 e. The van der Waals surface area contributed by atoms with Gasteiger partial charge in [0.2, 0.25) is 10.0 Å². The van der Waals surface area contributed by atoms with Crippen LogP contribution in [-0.2, 0) is 36.6 Å². The predicted octanol–water partition coefficient (Wildman–Crippen LogP) is 0.981. The van der Waals surface area contributed by atoms with Gasteiger partial charge in [-0.15, -0.1) is 0 Å². The standard InChI is InChI=1S/C18H27N3O5S2/c1-13(2)17-19-10-14-4-8-26-18(16(14)20-17)6-3-7-21(12-18)28(24,25)15-5-9-27(22,23)11-15/h10,13,15H,3-9,11-12H2,1-2H3/t15-,18+/m0/s1. The number of hydrogen-bond donors (Lipinski definition) is 0. The minimum Gasteiger partial charge on any atom is -0.367 e. The highest BCUT2D eigenvalue weighted by atomic mass is 32.2. The summed E-state index contributed by atoms with van der Waals surface area (Å²) in [5.74, 6) is 0.553. The van der Waals surface area contributed by atoms with Crippen LogP contribution in [0.4, 0.5) is 0 Å². The SMILES string of the molecule is CC(C)c1ncc2c(n1)[C@]1(CCCN(S(=O)(=O)[C@H]3CCS(=O)(=O)C3)C1)OCC2. The van der Waals surface area contributed by atoms with Gasteiger partial charge in [-0.3, -0.25) is 0 Å². The first kappa shape index (κ1) is 20.2. The Kier molecular flexibility index (Phi) is 5.05. The molecule has 0 aromatic carbocycles. The zero-order valence-electron chi connectivity index (χ0n) is 16.3. The largest absolute Gasteiger partial charge is 0.367 e. The van der Waals surface area contributed by atoms with Gasteiger partial charge in [-0.1, -0.05) is 13.8 Å². The van der Waals surface area contributed by atoms with Crippen LogP contribution in [0.2, 0.25) is 0 Å². The lowest BCUT2D eigenvalue weighted by Crippen LogP contribution is -2.54. The van der Waals surface area contributed by atoms with E-state index < -0.39 is 30.7 Å². The molecular weight excluding hydrogens is 402 g/mol. The molecule has 0 aliphatic carbocycles. The lowest BCUT2D eigenvalue weighted by molar-refractivity contribution is -0.0937. The molecule has 1 aromatic heterocycles. The van der Waals surface area contributed by atoms with Crippen LogP contribution >= 0.6 is 0 Å². The number of rotatable bonds is 3. The first-order valence-electron chi connectivity index (χ1n) is 9.83. The summed E-state index contributed by atoms with van der Waals surface area (Å²) >= 11 is 0. The van der Waals surface area contributed by atoms with Crippen molar-refractivity contribution in [3.8, 4) is 0 Å². The summed E-state index contributed by atoms with van der Waals surface area (Å²) in [6, 6.07) is 0. The van der Waals surface area contributed by atoms with E-state index in [0.29, 0.717) is 32.4 Å². The summed E-state index contributed by atoms with van der Waals surface area (Å²) < 4.78 is 57.6. The normalized spacial score (nSPS) is 30.6. The van der Waals surface area contributed by atoms with Crippen LogP contribution < -0.4 is 0 Å². The van der Waals surface area contributed by atoms with Crippen molar-refractivity contribution in [1.82, 2.24) is 14.3 Å². The zero-order chi connectivity index (χ0) is 20.2. The number of aromatic nitrogens is 2. The van der Waals surface area contributed by atoms with Gasteiger partial charge in [0, 0.05) is 25.2 Å². The molecule has 2 atom stereocenters. The van der Waals surface area contributed by atoms with E-state index in [-0.39, 0.29) is 30.4 Å². The average Bonchev–Trinajstić information content (AvgIpc) is 3.02. The van der Waals surface area contributed by atoms with Crippen LogP contribution in [0.25, 0.3) is 0 Å². The smallest absolute Gasteiger partial charge is 0.218 e. The van der Waals surface area contributed by atoms with Gasteiger partial charge in [-0.25, -0.2) is 26.8 Å². The Balaban J connectivity index is 1.67. The van der Waals surface area contributed by atoms with Crippen molar-refractivity contribution in [3.63, 3.8) is 0 Å². The zero-order valence-corrected chi connectivity index (χ0v) is 17.9. The van der Waals surface area contributed by atoms with E-state index >= 15 is 0 Å². The van der Waals surface area contributed by atoms with Gasteiger partial charge in [-0.05, 0) is 31.2 Å². The van der Waals surface area contributed by atoms with Crippen molar-refractivity contribution in [2.45, 2.75) is 56.3 Å². The Bertz CT molecular complexity index is 977. The maximum atomic E-state index is 13.2. The summed E-state index contributed by atoms with van der Waals surface area (Å²) in [4.78, 5) is 9.22. The molecule has 156 valence electrons. The van der Waals surface area contributed by atoms with Gasteiger partial charge in [0.25, 0.3) is 0 Å². The molecule has 0 amide bonds.